The van der Waals surface area contributed by atoms with Gasteiger partial charge in [0.1, 0.15) is 5.01 Å². The van der Waals surface area contributed by atoms with Crippen molar-refractivity contribution in [2.75, 3.05) is 20.1 Å². The highest BCUT2D eigenvalue weighted by molar-refractivity contribution is 7.87. The summed E-state index contributed by atoms with van der Waals surface area (Å²) in [6, 6.07) is -0.257. The van der Waals surface area contributed by atoms with Crippen LogP contribution >= 0.6 is 11.3 Å². The average molecular weight is 318 g/mol. The van der Waals surface area contributed by atoms with Crippen LogP contribution in [-0.4, -0.2) is 43.9 Å². The first-order valence-corrected chi connectivity index (χ1v) is 9.19. The number of hydrogen-bond acceptors (Lipinski definition) is 5. The number of rotatable bonds is 6. The molecule has 1 aliphatic rings. The van der Waals surface area contributed by atoms with Crippen molar-refractivity contribution in [1.82, 2.24) is 19.3 Å². The summed E-state index contributed by atoms with van der Waals surface area (Å²) in [5, 5.41) is 5.72. The third kappa shape index (κ3) is 3.76. The van der Waals surface area contributed by atoms with Crippen molar-refractivity contribution in [2.45, 2.75) is 38.3 Å². The minimum atomic E-state index is -3.47. The van der Waals surface area contributed by atoms with E-state index in [1.807, 2.05) is 19.4 Å². The van der Waals surface area contributed by atoms with Crippen molar-refractivity contribution >= 4 is 21.5 Å². The summed E-state index contributed by atoms with van der Waals surface area (Å²) in [6.07, 6.45) is 4.61. The number of piperidine rings is 1. The lowest BCUT2D eigenvalue weighted by molar-refractivity contribution is 0.245. The van der Waals surface area contributed by atoms with E-state index in [-0.39, 0.29) is 12.1 Å². The zero-order valence-electron chi connectivity index (χ0n) is 11.9. The molecule has 2 heterocycles. The second kappa shape index (κ2) is 6.95. The summed E-state index contributed by atoms with van der Waals surface area (Å²) in [5.41, 5.74) is 0. The van der Waals surface area contributed by atoms with Gasteiger partial charge in [0, 0.05) is 30.7 Å². The Morgan fingerprint density at radius 3 is 3.00 bits per heavy atom. The van der Waals surface area contributed by atoms with Gasteiger partial charge in [-0.25, -0.2) is 4.98 Å². The molecule has 0 aromatic carbocycles. The number of thiazole rings is 1. The lowest BCUT2D eigenvalue weighted by Crippen LogP contribution is -2.52. The van der Waals surface area contributed by atoms with E-state index in [4.69, 9.17) is 0 Å². The van der Waals surface area contributed by atoms with Crippen LogP contribution < -0.4 is 10.0 Å². The molecular formula is C12H22N4O2S2. The highest BCUT2D eigenvalue weighted by Gasteiger charge is 2.33. The molecule has 2 rings (SSSR count). The van der Waals surface area contributed by atoms with Crippen LogP contribution in [0.1, 0.15) is 37.2 Å². The fourth-order valence-corrected chi connectivity index (χ4v) is 4.88. The van der Waals surface area contributed by atoms with E-state index in [1.54, 1.807) is 10.5 Å². The Kier molecular flexibility index (Phi) is 5.50. The van der Waals surface area contributed by atoms with Gasteiger partial charge in [-0.2, -0.15) is 17.4 Å². The Morgan fingerprint density at radius 1 is 1.55 bits per heavy atom. The van der Waals surface area contributed by atoms with Crippen molar-refractivity contribution in [3.8, 4) is 0 Å². The van der Waals surface area contributed by atoms with E-state index in [0.717, 1.165) is 24.3 Å². The van der Waals surface area contributed by atoms with Crippen molar-refractivity contribution in [3.63, 3.8) is 0 Å². The molecule has 114 valence electrons. The summed E-state index contributed by atoms with van der Waals surface area (Å²) in [7, 11) is -1.62. The summed E-state index contributed by atoms with van der Waals surface area (Å²) < 4.78 is 29.4. The second-order valence-corrected chi connectivity index (χ2v) is 7.61. The van der Waals surface area contributed by atoms with E-state index >= 15 is 0 Å². The van der Waals surface area contributed by atoms with Crippen LogP contribution in [-0.2, 0) is 10.2 Å². The van der Waals surface area contributed by atoms with Gasteiger partial charge in [0.2, 0.25) is 0 Å². The third-order valence-electron chi connectivity index (χ3n) is 3.47. The first-order chi connectivity index (χ1) is 9.54. The zero-order chi connectivity index (χ0) is 14.6. The molecule has 1 aliphatic heterocycles. The molecule has 0 amide bonds. The van der Waals surface area contributed by atoms with Gasteiger partial charge in [0.15, 0.2) is 0 Å². The number of hydrogen-bond donors (Lipinski definition) is 2. The third-order valence-corrected chi connectivity index (χ3v) is 6.18. The highest BCUT2D eigenvalue weighted by atomic mass is 32.2. The van der Waals surface area contributed by atoms with Gasteiger partial charge in [0.25, 0.3) is 10.2 Å². The van der Waals surface area contributed by atoms with Gasteiger partial charge in [-0.05, 0) is 26.8 Å². The predicted octanol–water partition coefficient (Wildman–Crippen LogP) is 1.11. The molecule has 6 nitrogen and oxygen atoms in total. The summed E-state index contributed by atoms with van der Waals surface area (Å²) in [5.74, 6) is 0. The molecule has 1 saturated heterocycles. The number of nitrogens with one attached hydrogen (secondary N) is 2. The van der Waals surface area contributed by atoms with Crippen molar-refractivity contribution in [2.24, 2.45) is 0 Å². The van der Waals surface area contributed by atoms with Crippen LogP contribution in [0.25, 0.3) is 0 Å². The molecule has 0 bridgehead atoms. The second-order valence-electron chi connectivity index (χ2n) is 5.03. The van der Waals surface area contributed by atoms with Crippen LogP contribution in [0.3, 0.4) is 0 Å². The van der Waals surface area contributed by atoms with Crippen LogP contribution in [0.2, 0.25) is 0 Å². The Bertz CT molecular complexity index is 502. The van der Waals surface area contributed by atoms with Crippen LogP contribution in [0.5, 0.6) is 0 Å². The van der Waals surface area contributed by atoms with E-state index < -0.39 is 10.2 Å². The average Bonchev–Trinajstić information content (AvgIpc) is 2.93. The van der Waals surface area contributed by atoms with Gasteiger partial charge in [-0.3, -0.25) is 0 Å². The first kappa shape index (κ1) is 15.8. The maximum Gasteiger partial charge on any atom is 0.280 e. The zero-order valence-corrected chi connectivity index (χ0v) is 13.5. The number of nitrogens with zero attached hydrogens (tertiary/aromatic N) is 2. The Hall–Kier alpha value is -0.540. The Morgan fingerprint density at radius 2 is 2.35 bits per heavy atom. The van der Waals surface area contributed by atoms with Gasteiger partial charge in [0.05, 0.1) is 6.04 Å². The molecular weight excluding hydrogens is 296 g/mol. The van der Waals surface area contributed by atoms with Crippen LogP contribution in [0.4, 0.5) is 0 Å². The lowest BCUT2D eigenvalue weighted by atomic mass is 10.1. The minimum absolute atomic E-state index is 0.0368. The molecule has 1 aromatic heterocycles. The number of likely N-dealkylation sites (N-methyl/N-ethyl adjacent to an activating group) is 1. The largest absolute Gasteiger partial charge is 0.318 e. The molecule has 0 spiro atoms. The normalized spacial score (nSPS) is 22.8. The minimum Gasteiger partial charge on any atom is -0.318 e. The standard InChI is InChI=1S/C12H22N4O2S2/c1-10(12-14-6-8-19-12)15-20(17,18)16-7-4-3-5-11(16)9-13-2/h6,8,10-11,13,15H,3-5,7,9H2,1-2H3. The highest BCUT2D eigenvalue weighted by Crippen LogP contribution is 2.22. The van der Waals surface area contributed by atoms with Gasteiger partial charge >= 0.3 is 0 Å². The summed E-state index contributed by atoms with van der Waals surface area (Å²) in [6.45, 7) is 3.10. The maximum absolute atomic E-state index is 12.5. The maximum atomic E-state index is 12.5. The molecule has 0 radical (unpaired) electrons. The van der Waals surface area contributed by atoms with Crippen molar-refractivity contribution < 1.29 is 8.42 Å². The molecule has 2 N–H and O–H groups in total. The Balaban J connectivity index is 2.08. The van der Waals surface area contributed by atoms with Gasteiger partial charge in [-0.1, -0.05) is 6.42 Å². The SMILES string of the molecule is CNCC1CCCCN1S(=O)(=O)NC(C)c1nccs1. The lowest BCUT2D eigenvalue weighted by Gasteiger charge is -2.35. The fourth-order valence-electron chi connectivity index (χ4n) is 2.52. The van der Waals surface area contributed by atoms with Crippen LogP contribution in [0.15, 0.2) is 11.6 Å². The van der Waals surface area contributed by atoms with Gasteiger partial charge < -0.3 is 5.32 Å². The van der Waals surface area contributed by atoms with Crippen molar-refractivity contribution in [1.29, 1.82) is 0 Å². The topological polar surface area (TPSA) is 74.3 Å². The van der Waals surface area contributed by atoms with Crippen molar-refractivity contribution in [3.05, 3.63) is 16.6 Å². The molecule has 0 aliphatic carbocycles. The summed E-state index contributed by atoms with van der Waals surface area (Å²) in [4.78, 5) is 4.16. The molecule has 1 aromatic rings. The van der Waals surface area contributed by atoms with Gasteiger partial charge in [-0.15, -0.1) is 11.3 Å². The smallest absolute Gasteiger partial charge is 0.280 e. The van der Waals surface area contributed by atoms with E-state index in [9.17, 15) is 8.42 Å². The first-order valence-electron chi connectivity index (χ1n) is 6.87. The number of aromatic nitrogens is 1. The predicted molar refractivity (Wildman–Crippen MR) is 80.9 cm³/mol. The quantitative estimate of drug-likeness (QED) is 0.824. The molecule has 8 heteroatoms. The molecule has 20 heavy (non-hydrogen) atoms. The fraction of sp³-hybridized carbons (Fsp3) is 0.750. The van der Waals surface area contributed by atoms with E-state index in [2.05, 4.69) is 15.0 Å². The monoisotopic (exact) mass is 318 g/mol. The Labute approximate surface area is 124 Å². The molecule has 0 saturated carbocycles. The summed E-state index contributed by atoms with van der Waals surface area (Å²) >= 11 is 1.46. The van der Waals surface area contributed by atoms with E-state index in [0.29, 0.717) is 13.1 Å². The molecule has 2 unspecified atom stereocenters. The van der Waals surface area contributed by atoms with Crippen LogP contribution in [0, 0.1) is 0 Å². The van der Waals surface area contributed by atoms with E-state index in [1.165, 1.54) is 11.3 Å². The molecule has 1 fully saturated rings. The molecule has 2 atom stereocenters.